The van der Waals surface area contributed by atoms with Gasteiger partial charge in [-0.2, -0.15) is 0 Å². The Morgan fingerprint density at radius 2 is 1.74 bits per heavy atom. The molecule has 2 aromatic heterocycles. The largest absolute Gasteiger partial charge is 0.482 e. The molecule has 0 saturated heterocycles. The number of carbonyl (C=O) groups is 1. The van der Waals surface area contributed by atoms with E-state index in [2.05, 4.69) is 14.7 Å². The lowest BCUT2D eigenvalue weighted by atomic mass is 10.1. The molecule has 176 valence electrons. The van der Waals surface area contributed by atoms with Gasteiger partial charge >= 0.3 is 5.97 Å². The Kier molecular flexibility index (Phi) is 5.71. The van der Waals surface area contributed by atoms with Gasteiger partial charge in [0.15, 0.2) is 6.61 Å². The van der Waals surface area contributed by atoms with Gasteiger partial charge in [-0.25, -0.2) is 18.2 Å². The molecule has 9 nitrogen and oxygen atoms in total. The van der Waals surface area contributed by atoms with Crippen LogP contribution in [0.1, 0.15) is 0 Å². The smallest absolute Gasteiger partial charge is 0.341 e. The number of anilines is 1. The van der Waals surface area contributed by atoms with Crippen molar-refractivity contribution in [3.8, 4) is 22.8 Å². The lowest BCUT2D eigenvalue weighted by Gasteiger charge is -2.14. The van der Waals surface area contributed by atoms with E-state index < -0.39 is 22.6 Å². The zero-order chi connectivity index (χ0) is 24.4. The molecular formula is C25H20N4O5S. The van der Waals surface area contributed by atoms with E-state index in [1.54, 1.807) is 6.07 Å². The minimum absolute atomic E-state index is 0.00483. The standard InChI is InChI=1S/C25H20N4O5S/c30-24(31)16-34-18-8-10-19(11-9-18)35(32,33)28-21-12-7-17(29-13-3-4-14-29)15-20(21)25-26-22-5-1-2-6-23(22)27-25/h1-15,28H,16H2,(H,26,27)(H,30,31). The van der Waals surface area contributed by atoms with Crippen LogP contribution in [0, 0.1) is 0 Å². The molecule has 0 aliphatic carbocycles. The predicted molar refractivity (Wildman–Crippen MR) is 131 cm³/mol. The molecule has 35 heavy (non-hydrogen) atoms. The molecule has 0 radical (unpaired) electrons. The fourth-order valence-corrected chi connectivity index (χ4v) is 4.71. The first-order chi connectivity index (χ1) is 16.9. The molecule has 0 spiro atoms. The summed E-state index contributed by atoms with van der Waals surface area (Å²) in [6, 6.07) is 22.3. The van der Waals surface area contributed by atoms with Crippen molar-refractivity contribution >= 4 is 32.7 Å². The third-order valence-electron chi connectivity index (χ3n) is 5.29. The highest BCUT2D eigenvalue weighted by Gasteiger charge is 2.19. The Hall–Kier alpha value is -4.57. The van der Waals surface area contributed by atoms with Crippen molar-refractivity contribution in [2.24, 2.45) is 0 Å². The van der Waals surface area contributed by atoms with Crippen molar-refractivity contribution in [1.82, 2.24) is 14.5 Å². The minimum Gasteiger partial charge on any atom is -0.482 e. The zero-order valence-electron chi connectivity index (χ0n) is 18.3. The molecular weight excluding hydrogens is 468 g/mol. The summed E-state index contributed by atoms with van der Waals surface area (Å²) in [5.74, 6) is -0.342. The van der Waals surface area contributed by atoms with Crippen molar-refractivity contribution in [2.45, 2.75) is 4.90 Å². The van der Waals surface area contributed by atoms with E-state index in [0.717, 1.165) is 16.7 Å². The van der Waals surface area contributed by atoms with Crippen LogP contribution in [0.5, 0.6) is 5.75 Å². The van der Waals surface area contributed by atoms with Crippen molar-refractivity contribution in [3.05, 3.63) is 91.3 Å². The Labute approximate surface area is 200 Å². The minimum atomic E-state index is -3.96. The second kappa shape index (κ2) is 8.99. The number of nitrogens with one attached hydrogen (secondary N) is 2. The number of hydrogen-bond acceptors (Lipinski definition) is 5. The number of fused-ring (bicyclic) bond motifs is 1. The van der Waals surface area contributed by atoms with Gasteiger partial charge in [-0.15, -0.1) is 0 Å². The van der Waals surface area contributed by atoms with Gasteiger partial charge in [0.25, 0.3) is 10.0 Å². The molecule has 0 aliphatic heterocycles. The number of H-pyrrole nitrogens is 1. The van der Waals surface area contributed by atoms with Gasteiger partial charge in [-0.05, 0) is 66.7 Å². The molecule has 5 aromatic rings. The number of benzene rings is 3. The Morgan fingerprint density at radius 3 is 2.46 bits per heavy atom. The molecule has 10 heteroatoms. The van der Waals surface area contributed by atoms with Gasteiger partial charge in [-0.1, -0.05) is 12.1 Å². The molecule has 3 aromatic carbocycles. The van der Waals surface area contributed by atoms with Crippen molar-refractivity contribution < 1.29 is 23.1 Å². The van der Waals surface area contributed by atoms with E-state index in [-0.39, 0.29) is 10.6 Å². The maximum absolute atomic E-state index is 13.2. The summed E-state index contributed by atoms with van der Waals surface area (Å²) in [7, 11) is -3.96. The molecule has 3 N–H and O–H groups in total. The number of imidazole rings is 1. The van der Waals surface area contributed by atoms with Crippen LogP contribution in [-0.2, 0) is 14.8 Å². The number of rotatable bonds is 8. The molecule has 2 heterocycles. The molecule has 0 aliphatic rings. The highest BCUT2D eigenvalue weighted by Crippen LogP contribution is 2.32. The number of nitrogens with zero attached hydrogens (tertiary/aromatic N) is 2. The fraction of sp³-hybridized carbons (Fsp3) is 0.0400. The highest BCUT2D eigenvalue weighted by molar-refractivity contribution is 7.92. The summed E-state index contributed by atoms with van der Waals surface area (Å²) in [6.45, 7) is -0.515. The fourth-order valence-electron chi connectivity index (χ4n) is 3.63. The molecule has 5 rings (SSSR count). The van der Waals surface area contributed by atoms with E-state index in [0.29, 0.717) is 17.1 Å². The number of sulfonamides is 1. The third kappa shape index (κ3) is 4.73. The van der Waals surface area contributed by atoms with Crippen LogP contribution in [0.2, 0.25) is 0 Å². The first-order valence-electron chi connectivity index (χ1n) is 10.6. The highest BCUT2D eigenvalue weighted by atomic mass is 32.2. The van der Waals surface area contributed by atoms with Gasteiger partial charge in [0, 0.05) is 23.6 Å². The third-order valence-corrected chi connectivity index (χ3v) is 6.67. The van der Waals surface area contributed by atoms with E-state index >= 15 is 0 Å². The molecule has 0 amide bonds. The van der Waals surface area contributed by atoms with Crippen LogP contribution < -0.4 is 9.46 Å². The molecule has 0 bridgehead atoms. The lowest BCUT2D eigenvalue weighted by molar-refractivity contribution is -0.139. The van der Waals surface area contributed by atoms with Crippen molar-refractivity contribution in [1.29, 1.82) is 0 Å². The number of aliphatic carboxylic acids is 1. The summed E-state index contributed by atoms with van der Waals surface area (Å²) >= 11 is 0. The second-order valence-corrected chi connectivity index (χ2v) is 9.36. The van der Waals surface area contributed by atoms with Crippen LogP contribution in [-0.4, -0.2) is 40.6 Å². The summed E-state index contributed by atoms with van der Waals surface area (Å²) in [5, 5.41) is 8.73. The number of carboxylic acid groups (broad SMARTS) is 1. The monoisotopic (exact) mass is 488 g/mol. The predicted octanol–water partition coefficient (Wildman–Crippen LogP) is 4.28. The number of hydrogen-bond donors (Lipinski definition) is 3. The van der Waals surface area contributed by atoms with Gasteiger partial charge in [0.1, 0.15) is 11.6 Å². The summed E-state index contributed by atoms with van der Waals surface area (Å²) in [6.07, 6.45) is 3.80. The summed E-state index contributed by atoms with van der Waals surface area (Å²) < 4.78 is 36.0. The van der Waals surface area contributed by atoms with Crippen LogP contribution in [0.3, 0.4) is 0 Å². The lowest BCUT2D eigenvalue weighted by Crippen LogP contribution is -2.14. The maximum atomic E-state index is 13.2. The average molecular weight is 489 g/mol. The number of aromatic nitrogens is 3. The van der Waals surface area contributed by atoms with Gasteiger partial charge in [0.05, 0.1) is 21.6 Å². The second-order valence-electron chi connectivity index (χ2n) is 7.68. The summed E-state index contributed by atoms with van der Waals surface area (Å²) in [5.41, 5.74) is 3.37. The average Bonchev–Trinajstić information content (AvgIpc) is 3.53. The van der Waals surface area contributed by atoms with Crippen LogP contribution in [0.25, 0.3) is 28.1 Å². The molecule has 0 fully saturated rings. The number of ether oxygens (including phenoxy) is 1. The van der Waals surface area contributed by atoms with E-state index in [1.165, 1.54) is 24.3 Å². The SMILES string of the molecule is O=C(O)COc1ccc(S(=O)(=O)Nc2ccc(-n3cccc3)cc2-c2nc3ccccc3[nH]2)cc1. The topological polar surface area (TPSA) is 126 Å². The van der Waals surface area contributed by atoms with Crippen molar-refractivity contribution in [3.63, 3.8) is 0 Å². The number of para-hydroxylation sites is 2. The maximum Gasteiger partial charge on any atom is 0.341 e. The van der Waals surface area contributed by atoms with Crippen LogP contribution in [0.4, 0.5) is 5.69 Å². The van der Waals surface area contributed by atoms with Gasteiger partial charge < -0.3 is 19.4 Å². The van der Waals surface area contributed by atoms with Crippen LogP contribution in [0.15, 0.2) is 96.2 Å². The Bertz CT molecular complexity index is 1570. The normalized spacial score (nSPS) is 11.4. The van der Waals surface area contributed by atoms with E-state index in [9.17, 15) is 13.2 Å². The van der Waals surface area contributed by atoms with Gasteiger partial charge in [-0.3, -0.25) is 4.72 Å². The Morgan fingerprint density at radius 1 is 1.00 bits per heavy atom. The quantitative estimate of drug-likeness (QED) is 0.299. The zero-order valence-corrected chi connectivity index (χ0v) is 19.1. The number of aromatic amines is 1. The van der Waals surface area contributed by atoms with Crippen molar-refractivity contribution in [2.75, 3.05) is 11.3 Å². The molecule has 0 unspecified atom stereocenters. The van der Waals surface area contributed by atoms with E-state index in [4.69, 9.17) is 9.84 Å². The van der Waals surface area contributed by atoms with E-state index in [1.807, 2.05) is 65.5 Å². The first-order valence-corrected chi connectivity index (χ1v) is 12.1. The van der Waals surface area contributed by atoms with Gasteiger partial charge in [0.2, 0.25) is 0 Å². The molecule has 0 saturated carbocycles. The molecule has 0 atom stereocenters. The number of carboxylic acids is 1. The Balaban J connectivity index is 1.51. The first kappa shape index (κ1) is 22.2. The summed E-state index contributed by atoms with van der Waals surface area (Å²) in [4.78, 5) is 18.6. The van der Waals surface area contributed by atoms with Crippen LogP contribution >= 0.6 is 0 Å².